The molecule has 0 saturated carbocycles. The first-order chi connectivity index (χ1) is 9.29. The molecule has 2 aromatic rings. The monoisotopic (exact) mass is 259 g/mol. The maximum atomic E-state index is 12.8. The van der Waals surface area contributed by atoms with Crippen molar-refractivity contribution >= 4 is 0 Å². The van der Waals surface area contributed by atoms with E-state index in [1.54, 1.807) is 19.2 Å². The molecule has 0 atom stereocenters. The molecule has 0 amide bonds. The van der Waals surface area contributed by atoms with Crippen molar-refractivity contribution in [3.63, 3.8) is 0 Å². The van der Waals surface area contributed by atoms with Crippen LogP contribution >= 0.6 is 0 Å². The van der Waals surface area contributed by atoms with Gasteiger partial charge in [0.25, 0.3) is 0 Å². The molecule has 0 saturated heterocycles. The zero-order valence-corrected chi connectivity index (χ0v) is 11.0. The fourth-order valence-corrected chi connectivity index (χ4v) is 1.97. The van der Waals surface area contributed by atoms with Gasteiger partial charge in [0.15, 0.2) is 0 Å². The van der Waals surface area contributed by atoms with Crippen LogP contribution in [-0.4, -0.2) is 7.11 Å². The third kappa shape index (κ3) is 4.16. The molecule has 0 spiro atoms. The molecule has 0 aliphatic heterocycles. The topological polar surface area (TPSA) is 21.3 Å². The standard InChI is InChI=1S/C16H18FNO/c1-19-12-15-5-3-2-4-14(15)11-18-10-13-6-8-16(17)9-7-13/h2-9,18H,10-12H2,1H3. The van der Waals surface area contributed by atoms with E-state index in [2.05, 4.69) is 17.4 Å². The first-order valence-corrected chi connectivity index (χ1v) is 6.30. The molecule has 2 rings (SSSR count). The van der Waals surface area contributed by atoms with Gasteiger partial charge in [0.05, 0.1) is 6.61 Å². The van der Waals surface area contributed by atoms with Gasteiger partial charge in [-0.25, -0.2) is 4.39 Å². The van der Waals surface area contributed by atoms with Gasteiger partial charge in [-0.3, -0.25) is 0 Å². The Balaban J connectivity index is 1.90. The summed E-state index contributed by atoms with van der Waals surface area (Å²) in [6.45, 7) is 2.12. The van der Waals surface area contributed by atoms with Gasteiger partial charge < -0.3 is 10.1 Å². The van der Waals surface area contributed by atoms with Crippen LogP contribution in [-0.2, 0) is 24.4 Å². The van der Waals surface area contributed by atoms with Crippen molar-refractivity contribution in [2.24, 2.45) is 0 Å². The van der Waals surface area contributed by atoms with E-state index in [0.717, 1.165) is 18.7 Å². The Morgan fingerprint density at radius 2 is 1.63 bits per heavy atom. The van der Waals surface area contributed by atoms with Crippen molar-refractivity contribution in [2.45, 2.75) is 19.7 Å². The van der Waals surface area contributed by atoms with E-state index in [4.69, 9.17) is 4.74 Å². The number of benzene rings is 2. The summed E-state index contributed by atoms with van der Waals surface area (Å²) in [6.07, 6.45) is 0. The second-order valence-corrected chi connectivity index (χ2v) is 4.43. The van der Waals surface area contributed by atoms with Crippen LogP contribution < -0.4 is 5.32 Å². The highest BCUT2D eigenvalue weighted by Crippen LogP contribution is 2.10. The maximum absolute atomic E-state index is 12.8. The highest BCUT2D eigenvalue weighted by atomic mass is 19.1. The molecule has 0 radical (unpaired) electrons. The summed E-state index contributed by atoms with van der Waals surface area (Å²) >= 11 is 0. The van der Waals surface area contributed by atoms with Crippen LogP contribution in [0.3, 0.4) is 0 Å². The lowest BCUT2D eigenvalue weighted by Gasteiger charge is -2.10. The third-order valence-corrected chi connectivity index (χ3v) is 2.98. The molecule has 2 aromatic carbocycles. The highest BCUT2D eigenvalue weighted by molar-refractivity contribution is 5.26. The van der Waals surface area contributed by atoms with E-state index in [0.29, 0.717) is 6.61 Å². The molecule has 0 unspecified atom stereocenters. The van der Waals surface area contributed by atoms with E-state index in [-0.39, 0.29) is 5.82 Å². The van der Waals surface area contributed by atoms with Crippen molar-refractivity contribution in [3.05, 3.63) is 71.0 Å². The summed E-state index contributed by atoms with van der Waals surface area (Å²) in [5, 5.41) is 3.36. The van der Waals surface area contributed by atoms with Gasteiger partial charge in [0, 0.05) is 20.2 Å². The van der Waals surface area contributed by atoms with Gasteiger partial charge >= 0.3 is 0 Å². The summed E-state index contributed by atoms with van der Waals surface area (Å²) in [5.74, 6) is -0.200. The second-order valence-electron chi connectivity index (χ2n) is 4.43. The zero-order chi connectivity index (χ0) is 13.5. The van der Waals surface area contributed by atoms with E-state index < -0.39 is 0 Å². The maximum Gasteiger partial charge on any atom is 0.123 e. The summed E-state index contributed by atoms with van der Waals surface area (Å²) in [6, 6.07) is 14.7. The Hall–Kier alpha value is -1.71. The predicted molar refractivity (Wildman–Crippen MR) is 74.1 cm³/mol. The number of ether oxygens (including phenoxy) is 1. The fraction of sp³-hybridized carbons (Fsp3) is 0.250. The SMILES string of the molecule is COCc1ccccc1CNCc1ccc(F)cc1. The summed E-state index contributed by atoms with van der Waals surface area (Å²) in [4.78, 5) is 0. The molecule has 0 fully saturated rings. The molecular weight excluding hydrogens is 241 g/mol. The average Bonchev–Trinajstić information content (AvgIpc) is 2.43. The Morgan fingerprint density at radius 1 is 0.947 bits per heavy atom. The zero-order valence-electron chi connectivity index (χ0n) is 11.0. The molecule has 0 aliphatic carbocycles. The van der Waals surface area contributed by atoms with Crippen LogP contribution in [0.4, 0.5) is 4.39 Å². The van der Waals surface area contributed by atoms with Crippen molar-refractivity contribution in [2.75, 3.05) is 7.11 Å². The number of hydrogen-bond acceptors (Lipinski definition) is 2. The second kappa shape index (κ2) is 7.02. The first kappa shape index (κ1) is 13.7. The first-order valence-electron chi connectivity index (χ1n) is 6.30. The van der Waals surface area contributed by atoms with E-state index in [9.17, 15) is 4.39 Å². The van der Waals surface area contributed by atoms with Crippen LogP contribution in [0.5, 0.6) is 0 Å². The van der Waals surface area contributed by atoms with Crippen LogP contribution in [0.1, 0.15) is 16.7 Å². The van der Waals surface area contributed by atoms with Gasteiger partial charge in [-0.1, -0.05) is 36.4 Å². The largest absolute Gasteiger partial charge is 0.380 e. The van der Waals surface area contributed by atoms with Crippen LogP contribution in [0.25, 0.3) is 0 Å². The average molecular weight is 259 g/mol. The molecule has 2 nitrogen and oxygen atoms in total. The van der Waals surface area contributed by atoms with Crippen LogP contribution in [0, 0.1) is 5.82 Å². The molecular formula is C16H18FNO. The number of methoxy groups -OCH3 is 1. The quantitative estimate of drug-likeness (QED) is 0.859. The molecule has 0 aromatic heterocycles. The van der Waals surface area contributed by atoms with Gasteiger partial charge in [-0.2, -0.15) is 0 Å². The summed E-state index contributed by atoms with van der Waals surface area (Å²) < 4.78 is 18.0. The number of rotatable bonds is 6. The number of nitrogens with one attached hydrogen (secondary N) is 1. The van der Waals surface area contributed by atoms with E-state index >= 15 is 0 Å². The lowest BCUT2D eigenvalue weighted by Crippen LogP contribution is -2.14. The fourth-order valence-electron chi connectivity index (χ4n) is 1.97. The lowest BCUT2D eigenvalue weighted by atomic mass is 10.1. The van der Waals surface area contributed by atoms with Crippen molar-refractivity contribution in [1.82, 2.24) is 5.32 Å². The number of hydrogen-bond donors (Lipinski definition) is 1. The highest BCUT2D eigenvalue weighted by Gasteiger charge is 2.01. The number of halogens is 1. The van der Waals surface area contributed by atoms with Gasteiger partial charge in [0.1, 0.15) is 5.82 Å². The minimum Gasteiger partial charge on any atom is -0.380 e. The van der Waals surface area contributed by atoms with Crippen molar-refractivity contribution in [3.8, 4) is 0 Å². The Morgan fingerprint density at radius 3 is 2.32 bits per heavy atom. The molecule has 0 bridgehead atoms. The van der Waals surface area contributed by atoms with Gasteiger partial charge in [-0.05, 0) is 28.8 Å². The predicted octanol–water partition coefficient (Wildman–Crippen LogP) is 3.26. The van der Waals surface area contributed by atoms with Crippen LogP contribution in [0.2, 0.25) is 0 Å². The molecule has 19 heavy (non-hydrogen) atoms. The van der Waals surface area contributed by atoms with Crippen molar-refractivity contribution in [1.29, 1.82) is 0 Å². The smallest absolute Gasteiger partial charge is 0.123 e. The summed E-state index contributed by atoms with van der Waals surface area (Å²) in [5.41, 5.74) is 3.49. The van der Waals surface area contributed by atoms with E-state index in [1.807, 2.05) is 12.1 Å². The lowest BCUT2D eigenvalue weighted by molar-refractivity contribution is 0.184. The van der Waals surface area contributed by atoms with Gasteiger partial charge in [0.2, 0.25) is 0 Å². The molecule has 100 valence electrons. The minimum atomic E-state index is -0.200. The van der Waals surface area contributed by atoms with Crippen LogP contribution in [0.15, 0.2) is 48.5 Å². The Kier molecular flexibility index (Phi) is 5.07. The van der Waals surface area contributed by atoms with Crippen molar-refractivity contribution < 1.29 is 9.13 Å². The van der Waals surface area contributed by atoms with E-state index in [1.165, 1.54) is 23.3 Å². The molecule has 0 heterocycles. The molecule has 3 heteroatoms. The molecule has 1 N–H and O–H groups in total. The van der Waals surface area contributed by atoms with Gasteiger partial charge in [-0.15, -0.1) is 0 Å². The normalized spacial score (nSPS) is 10.6. The minimum absolute atomic E-state index is 0.200. The Bertz CT molecular complexity index is 510. The third-order valence-electron chi connectivity index (χ3n) is 2.98. The summed E-state index contributed by atoms with van der Waals surface area (Å²) in [7, 11) is 1.70. The Labute approximate surface area is 113 Å². The molecule has 0 aliphatic rings.